The fourth-order valence-electron chi connectivity index (χ4n) is 1.02. The van der Waals surface area contributed by atoms with E-state index in [0.29, 0.717) is 0 Å². The zero-order valence-corrected chi connectivity index (χ0v) is 7.85. The Morgan fingerprint density at radius 3 is 2.60 bits per heavy atom. The Kier molecular flexibility index (Phi) is 2.87. The molecule has 6 nitrogen and oxygen atoms in total. The number of nitro benzene ring substituents is 1. The van der Waals surface area contributed by atoms with Gasteiger partial charge in [-0.15, -0.1) is 0 Å². The molecule has 15 heavy (non-hydrogen) atoms. The van der Waals surface area contributed by atoms with Crippen molar-refractivity contribution in [3.05, 3.63) is 38.4 Å². The van der Waals surface area contributed by atoms with E-state index in [4.69, 9.17) is 22.0 Å². The summed E-state index contributed by atoms with van der Waals surface area (Å²) < 4.78 is 0. The second kappa shape index (κ2) is 3.94. The molecule has 0 radical (unpaired) electrons. The number of hydrogen-bond donors (Lipinski definition) is 1. The predicted molar refractivity (Wildman–Crippen MR) is 49.8 cm³/mol. The molecule has 76 valence electrons. The average Bonchev–Trinajstić information content (AvgIpc) is 2.16. The normalized spacial score (nSPS) is 9.33. The summed E-state index contributed by atoms with van der Waals surface area (Å²) in [6.07, 6.45) is 0. The first-order chi connectivity index (χ1) is 6.97. The molecule has 0 atom stereocenters. The van der Waals surface area contributed by atoms with Crippen molar-refractivity contribution >= 4 is 23.3 Å². The minimum Gasteiger partial charge on any atom is -0.478 e. The highest BCUT2D eigenvalue weighted by atomic mass is 35.5. The molecule has 1 aromatic rings. The minimum atomic E-state index is -1.43. The van der Waals surface area contributed by atoms with E-state index in [-0.39, 0.29) is 5.02 Å². The molecule has 0 amide bonds. The van der Waals surface area contributed by atoms with Gasteiger partial charge in [0.25, 0.3) is 5.69 Å². The fraction of sp³-hybridized carbons (Fsp3) is 0. The number of carbonyl (C=O) groups is 1. The second-order valence-corrected chi connectivity index (χ2v) is 2.96. The fourth-order valence-corrected chi connectivity index (χ4v) is 1.24. The van der Waals surface area contributed by atoms with E-state index >= 15 is 0 Å². The quantitative estimate of drug-likeness (QED) is 0.612. The number of rotatable bonds is 2. The van der Waals surface area contributed by atoms with Gasteiger partial charge in [0.2, 0.25) is 0 Å². The summed E-state index contributed by atoms with van der Waals surface area (Å²) in [7, 11) is 0. The first kappa shape index (κ1) is 10.9. The van der Waals surface area contributed by atoms with E-state index in [1.54, 1.807) is 0 Å². The van der Waals surface area contributed by atoms with Crippen LogP contribution in [0, 0.1) is 21.4 Å². The van der Waals surface area contributed by atoms with Crippen LogP contribution in [-0.4, -0.2) is 16.0 Å². The van der Waals surface area contributed by atoms with E-state index in [2.05, 4.69) is 0 Å². The van der Waals surface area contributed by atoms with Crippen molar-refractivity contribution in [3.63, 3.8) is 0 Å². The third-order valence-corrected chi connectivity index (χ3v) is 1.84. The second-order valence-electron chi connectivity index (χ2n) is 2.52. The largest absolute Gasteiger partial charge is 0.478 e. The standard InChI is InChI=1S/C8H3ClN2O4/c9-4-1-5(8(12)13)6(3-10)7(2-4)11(14)15/h1-2H,(H,12,13). The lowest BCUT2D eigenvalue weighted by atomic mass is 10.1. The van der Waals surface area contributed by atoms with Crippen LogP contribution in [0.5, 0.6) is 0 Å². The van der Waals surface area contributed by atoms with Gasteiger partial charge in [-0.1, -0.05) is 11.6 Å². The summed E-state index contributed by atoms with van der Waals surface area (Å²) in [6, 6.07) is 3.41. The van der Waals surface area contributed by atoms with Gasteiger partial charge in [0, 0.05) is 11.1 Å². The van der Waals surface area contributed by atoms with Gasteiger partial charge in [-0.05, 0) is 6.07 Å². The SMILES string of the molecule is N#Cc1c(C(=O)O)cc(Cl)cc1[N+](=O)[O-]. The van der Waals surface area contributed by atoms with Gasteiger partial charge in [0.1, 0.15) is 11.6 Å². The molecular weight excluding hydrogens is 224 g/mol. The maximum atomic E-state index is 10.7. The molecule has 1 N–H and O–H groups in total. The van der Waals surface area contributed by atoms with Crippen LogP contribution in [0.1, 0.15) is 15.9 Å². The lowest BCUT2D eigenvalue weighted by Gasteiger charge is -2.00. The third-order valence-electron chi connectivity index (χ3n) is 1.62. The smallest absolute Gasteiger partial charge is 0.337 e. The third kappa shape index (κ3) is 2.03. The van der Waals surface area contributed by atoms with Gasteiger partial charge in [-0.3, -0.25) is 10.1 Å². The number of hydrogen-bond acceptors (Lipinski definition) is 4. The summed E-state index contributed by atoms with van der Waals surface area (Å²) >= 11 is 5.49. The minimum absolute atomic E-state index is 0.0990. The zero-order valence-electron chi connectivity index (χ0n) is 7.10. The molecule has 0 aromatic heterocycles. The van der Waals surface area contributed by atoms with Gasteiger partial charge in [-0.2, -0.15) is 5.26 Å². The highest BCUT2D eigenvalue weighted by Gasteiger charge is 2.22. The van der Waals surface area contributed by atoms with E-state index in [9.17, 15) is 14.9 Å². The summed E-state index contributed by atoms with van der Waals surface area (Å²) in [6.45, 7) is 0. The highest BCUT2D eigenvalue weighted by Crippen LogP contribution is 2.26. The molecule has 0 aliphatic rings. The maximum Gasteiger partial charge on any atom is 0.337 e. The van der Waals surface area contributed by atoms with E-state index in [1.807, 2.05) is 0 Å². The van der Waals surface area contributed by atoms with Crippen molar-refractivity contribution in [2.24, 2.45) is 0 Å². The van der Waals surface area contributed by atoms with Crippen LogP contribution in [0.3, 0.4) is 0 Å². The molecule has 0 aliphatic carbocycles. The van der Waals surface area contributed by atoms with Gasteiger partial charge >= 0.3 is 5.97 Å². The Labute approximate surface area is 88.5 Å². The number of nitro groups is 1. The van der Waals surface area contributed by atoms with Crippen molar-refractivity contribution < 1.29 is 14.8 Å². The summed E-state index contributed by atoms with van der Waals surface area (Å²) in [5.74, 6) is -1.43. The Bertz CT molecular complexity index is 457. The number of nitriles is 1. The van der Waals surface area contributed by atoms with Crippen molar-refractivity contribution in [1.29, 1.82) is 5.26 Å². The van der Waals surface area contributed by atoms with Gasteiger partial charge in [-0.25, -0.2) is 4.79 Å². The molecular formula is C8H3ClN2O4. The zero-order chi connectivity index (χ0) is 11.6. The number of halogens is 1. The average molecular weight is 227 g/mol. The lowest BCUT2D eigenvalue weighted by Crippen LogP contribution is -2.03. The van der Waals surface area contributed by atoms with Crippen LogP contribution in [0.2, 0.25) is 5.02 Å². The summed E-state index contributed by atoms with van der Waals surface area (Å²) in [5, 5.41) is 27.7. The predicted octanol–water partition coefficient (Wildman–Crippen LogP) is 1.82. The van der Waals surface area contributed by atoms with Gasteiger partial charge < -0.3 is 5.11 Å². The van der Waals surface area contributed by atoms with Gasteiger partial charge in [0.05, 0.1) is 10.5 Å². The van der Waals surface area contributed by atoms with E-state index in [1.165, 1.54) is 6.07 Å². The summed E-state index contributed by atoms with van der Waals surface area (Å²) in [5.41, 5.74) is -1.59. The summed E-state index contributed by atoms with van der Waals surface area (Å²) in [4.78, 5) is 20.3. The molecule has 0 fully saturated rings. The number of nitrogens with zero attached hydrogens (tertiary/aromatic N) is 2. The Morgan fingerprint density at radius 1 is 1.60 bits per heavy atom. The molecule has 0 bridgehead atoms. The Hall–Kier alpha value is -2.13. The first-order valence-electron chi connectivity index (χ1n) is 3.58. The van der Waals surface area contributed by atoms with Crippen LogP contribution in [0.4, 0.5) is 5.69 Å². The first-order valence-corrected chi connectivity index (χ1v) is 3.96. The van der Waals surface area contributed by atoms with Crippen molar-refractivity contribution in [2.75, 3.05) is 0 Å². The molecule has 1 rings (SSSR count). The number of carboxylic acid groups (broad SMARTS) is 1. The molecule has 0 spiro atoms. The number of carboxylic acids is 1. The van der Waals surface area contributed by atoms with Crippen molar-refractivity contribution in [3.8, 4) is 6.07 Å². The topological polar surface area (TPSA) is 104 Å². The number of aromatic carboxylic acids is 1. The van der Waals surface area contributed by atoms with Gasteiger partial charge in [0.15, 0.2) is 0 Å². The Morgan fingerprint density at radius 2 is 2.20 bits per heavy atom. The molecule has 1 aromatic carbocycles. The molecule has 0 unspecified atom stereocenters. The lowest BCUT2D eigenvalue weighted by molar-refractivity contribution is -0.385. The molecule has 0 saturated carbocycles. The van der Waals surface area contributed by atoms with E-state index in [0.717, 1.165) is 12.1 Å². The van der Waals surface area contributed by atoms with E-state index < -0.39 is 27.7 Å². The molecule has 0 saturated heterocycles. The van der Waals surface area contributed by atoms with Crippen LogP contribution < -0.4 is 0 Å². The van der Waals surface area contributed by atoms with Crippen molar-refractivity contribution in [2.45, 2.75) is 0 Å². The number of benzene rings is 1. The van der Waals surface area contributed by atoms with Crippen LogP contribution in [0.15, 0.2) is 12.1 Å². The monoisotopic (exact) mass is 226 g/mol. The highest BCUT2D eigenvalue weighted by molar-refractivity contribution is 6.31. The Balaban J connectivity index is 3.62. The van der Waals surface area contributed by atoms with Crippen LogP contribution in [0.25, 0.3) is 0 Å². The maximum absolute atomic E-state index is 10.7. The molecule has 0 heterocycles. The molecule has 0 aliphatic heterocycles. The van der Waals surface area contributed by atoms with Crippen molar-refractivity contribution in [1.82, 2.24) is 0 Å². The van der Waals surface area contributed by atoms with Crippen LogP contribution >= 0.6 is 11.6 Å². The van der Waals surface area contributed by atoms with Crippen LogP contribution in [-0.2, 0) is 0 Å². The molecule has 7 heteroatoms.